The Morgan fingerprint density at radius 2 is 1.63 bits per heavy atom. The van der Waals surface area contributed by atoms with E-state index in [1.807, 2.05) is 39.8 Å². The second-order valence-corrected chi connectivity index (χ2v) is 15.6. The molecule has 0 aromatic heterocycles. The second-order valence-electron chi connectivity index (χ2n) is 15.6. The fourth-order valence-electron chi connectivity index (χ4n) is 7.99. The van der Waals surface area contributed by atoms with E-state index >= 15 is 0 Å². The number of methoxy groups -OCH3 is 4. The SMILES string of the molecule is COc1cc(C(O)[C@H](C)[C@H]2OC(C)(C)O[C@H](CC[C@H](C)/C=C(\C)C[C@@H](C)C[C@H](C)COCc3ccccc3)[C@@H]2C)c(C(OC)OC)c(OC)c1C. The van der Waals surface area contributed by atoms with Gasteiger partial charge in [0.05, 0.1) is 44.7 Å². The van der Waals surface area contributed by atoms with Gasteiger partial charge in [-0.1, -0.05) is 76.6 Å². The van der Waals surface area contributed by atoms with Crippen molar-refractivity contribution in [3.63, 3.8) is 0 Å². The molecule has 1 unspecified atom stereocenters. The van der Waals surface area contributed by atoms with Gasteiger partial charge in [0.2, 0.25) is 0 Å². The summed E-state index contributed by atoms with van der Waals surface area (Å²) in [6.07, 6.45) is 4.64. The summed E-state index contributed by atoms with van der Waals surface area (Å²) in [6.45, 7) is 20.7. The van der Waals surface area contributed by atoms with Crippen molar-refractivity contribution in [1.82, 2.24) is 0 Å². The highest BCUT2D eigenvalue weighted by Gasteiger charge is 2.45. The molecule has 1 aliphatic rings. The predicted molar refractivity (Wildman–Crippen MR) is 204 cm³/mol. The third-order valence-electron chi connectivity index (χ3n) is 10.4. The monoisotopic (exact) mass is 712 g/mol. The van der Waals surface area contributed by atoms with Crippen LogP contribution in [0.25, 0.3) is 0 Å². The summed E-state index contributed by atoms with van der Waals surface area (Å²) in [5.41, 5.74) is 4.74. The molecule has 1 N–H and O–H groups in total. The van der Waals surface area contributed by atoms with Gasteiger partial charge in [-0.05, 0) is 88.3 Å². The van der Waals surface area contributed by atoms with Crippen molar-refractivity contribution in [2.24, 2.45) is 29.6 Å². The molecule has 51 heavy (non-hydrogen) atoms. The number of benzene rings is 2. The Balaban J connectivity index is 1.64. The first-order valence-electron chi connectivity index (χ1n) is 18.8. The van der Waals surface area contributed by atoms with E-state index in [-0.39, 0.29) is 24.0 Å². The first-order valence-corrected chi connectivity index (χ1v) is 18.8. The van der Waals surface area contributed by atoms with Gasteiger partial charge in [-0.3, -0.25) is 0 Å². The first-order chi connectivity index (χ1) is 24.2. The Morgan fingerprint density at radius 3 is 2.24 bits per heavy atom. The zero-order valence-electron chi connectivity index (χ0n) is 33.8. The van der Waals surface area contributed by atoms with Crippen molar-refractivity contribution < 1.29 is 38.3 Å². The van der Waals surface area contributed by atoms with E-state index in [1.54, 1.807) is 28.4 Å². The molecule has 3 rings (SSSR count). The number of allylic oxidation sites excluding steroid dienone is 2. The van der Waals surface area contributed by atoms with E-state index in [1.165, 1.54) is 11.1 Å². The van der Waals surface area contributed by atoms with E-state index < -0.39 is 18.2 Å². The lowest BCUT2D eigenvalue weighted by atomic mass is 9.79. The molecule has 288 valence electrons. The number of rotatable bonds is 20. The van der Waals surface area contributed by atoms with Gasteiger partial charge in [0.15, 0.2) is 12.1 Å². The van der Waals surface area contributed by atoms with Gasteiger partial charge in [-0.25, -0.2) is 0 Å². The molecule has 0 bridgehead atoms. The third kappa shape index (κ3) is 12.0. The number of aliphatic hydroxyl groups excluding tert-OH is 1. The van der Waals surface area contributed by atoms with Gasteiger partial charge in [0.25, 0.3) is 0 Å². The van der Waals surface area contributed by atoms with Gasteiger partial charge < -0.3 is 38.3 Å². The Kier molecular flexibility index (Phi) is 16.9. The van der Waals surface area contributed by atoms with Gasteiger partial charge >= 0.3 is 0 Å². The summed E-state index contributed by atoms with van der Waals surface area (Å²) >= 11 is 0. The third-order valence-corrected chi connectivity index (χ3v) is 10.4. The van der Waals surface area contributed by atoms with Crippen molar-refractivity contribution in [2.45, 2.75) is 125 Å². The van der Waals surface area contributed by atoms with Crippen LogP contribution in [0, 0.1) is 36.5 Å². The fourth-order valence-corrected chi connectivity index (χ4v) is 7.99. The van der Waals surface area contributed by atoms with Crippen LogP contribution in [-0.4, -0.2) is 58.1 Å². The molecule has 0 amide bonds. The summed E-state index contributed by atoms with van der Waals surface area (Å²) in [7, 11) is 6.37. The minimum Gasteiger partial charge on any atom is -0.496 e. The van der Waals surface area contributed by atoms with E-state index in [4.69, 9.17) is 33.2 Å². The molecule has 2 aromatic rings. The van der Waals surface area contributed by atoms with E-state index in [0.29, 0.717) is 47.0 Å². The standard InChI is InChI=1S/C43H68O8/c1-27(21-28(2)22-29(3)23-30(4)25-49-26-34-17-15-14-16-18-34)19-20-36-31(5)40(51-43(8,9)50-36)33(7)39(44)35-24-37(45-10)32(6)41(46-11)38(35)42(47-12)48-13/h14-18,21,24,27,29-31,33,36,39-40,42,44H,19-20,22-23,25-26H2,1-13H3/b28-21+/t27-,29+,30-,31-,33-,36+,39?,40-/m0/s1. The van der Waals surface area contributed by atoms with Crippen LogP contribution in [0.1, 0.15) is 116 Å². The largest absolute Gasteiger partial charge is 0.496 e. The molecule has 0 spiro atoms. The van der Waals surface area contributed by atoms with Gasteiger partial charge in [0.1, 0.15) is 11.5 Å². The average Bonchev–Trinajstić information content (AvgIpc) is 3.08. The van der Waals surface area contributed by atoms with E-state index in [0.717, 1.165) is 37.9 Å². The molecule has 1 fully saturated rings. The number of hydrogen-bond acceptors (Lipinski definition) is 8. The minimum atomic E-state index is -0.914. The Hall–Kier alpha value is -2.46. The molecule has 0 saturated carbocycles. The summed E-state index contributed by atoms with van der Waals surface area (Å²) in [4.78, 5) is 0. The van der Waals surface area contributed by atoms with Crippen molar-refractivity contribution in [3.8, 4) is 11.5 Å². The topological polar surface area (TPSA) is 84.8 Å². The van der Waals surface area contributed by atoms with Gasteiger partial charge in [-0.15, -0.1) is 0 Å². The normalized spacial score (nSPS) is 22.3. The lowest BCUT2D eigenvalue weighted by Crippen LogP contribution is -2.53. The molecule has 2 aromatic carbocycles. The lowest BCUT2D eigenvalue weighted by Gasteiger charge is -2.48. The summed E-state index contributed by atoms with van der Waals surface area (Å²) in [5, 5.41) is 12.0. The van der Waals surface area contributed by atoms with Crippen molar-refractivity contribution in [2.75, 3.05) is 35.0 Å². The highest BCUT2D eigenvalue weighted by atomic mass is 16.7. The maximum atomic E-state index is 12.0. The molecule has 0 aliphatic carbocycles. The molecule has 0 radical (unpaired) electrons. The maximum Gasteiger partial charge on any atom is 0.187 e. The number of ether oxygens (including phenoxy) is 7. The van der Waals surface area contributed by atoms with Gasteiger partial charge in [0, 0.05) is 38.2 Å². The number of aliphatic hydroxyl groups is 1. The molecule has 8 nitrogen and oxygen atoms in total. The smallest absolute Gasteiger partial charge is 0.187 e. The van der Waals surface area contributed by atoms with Crippen LogP contribution in [0.3, 0.4) is 0 Å². The van der Waals surface area contributed by atoms with Crippen molar-refractivity contribution >= 4 is 0 Å². The van der Waals surface area contributed by atoms with Crippen LogP contribution >= 0.6 is 0 Å². The summed E-state index contributed by atoms with van der Waals surface area (Å²) in [5.74, 6) is 1.67. The molecule has 1 saturated heterocycles. The van der Waals surface area contributed by atoms with Gasteiger partial charge in [-0.2, -0.15) is 0 Å². The van der Waals surface area contributed by atoms with Crippen LogP contribution in [0.5, 0.6) is 11.5 Å². The predicted octanol–water partition coefficient (Wildman–Crippen LogP) is 9.76. The maximum absolute atomic E-state index is 12.0. The number of hydrogen-bond donors (Lipinski definition) is 1. The molecular formula is C43H68O8. The fraction of sp³-hybridized carbons (Fsp3) is 0.674. The molecule has 1 heterocycles. The van der Waals surface area contributed by atoms with Crippen LogP contribution in [-0.2, 0) is 30.3 Å². The van der Waals surface area contributed by atoms with Crippen LogP contribution in [0.2, 0.25) is 0 Å². The molecule has 1 aliphatic heterocycles. The van der Waals surface area contributed by atoms with Crippen LogP contribution < -0.4 is 9.47 Å². The van der Waals surface area contributed by atoms with Crippen molar-refractivity contribution in [3.05, 3.63) is 70.3 Å². The second kappa shape index (κ2) is 20.1. The van der Waals surface area contributed by atoms with Crippen LogP contribution in [0.15, 0.2) is 48.0 Å². The molecule has 8 atom stereocenters. The van der Waals surface area contributed by atoms with E-state index in [2.05, 4.69) is 65.0 Å². The highest BCUT2D eigenvalue weighted by Crippen LogP contribution is 2.46. The van der Waals surface area contributed by atoms with Crippen molar-refractivity contribution in [1.29, 1.82) is 0 Å². The summed E-state index contributed by atoms with van der Waals surface area (Å²) in [6, 6.07) is 12.2. The quantitative estimate of drug-likeness (QED) is 0.107. The minimum absolute atomic E-state index is 0.0209. The zero-order chi connectivity index (χ0) is 37.9. The first kappa shape index (κ1) is 42.9. The Morgan fingerprint density at radius 1 is 0.961 bits per heavy atom. The lowest BCUT2D eigenvalue weighted by molar-refractivity contribution is -0.331. The zero-order valence-corrected chi connectivity index (χ0v) is 33.8. The van der Waals surface area contributed by atoms with Crippen LogP contribution in [0.4, 0.5) is 0 Å². The molecule has 8 heteroatoms. The highest BCUT2D eigenvalue weighted by molar-refractivity contribution is 5.55. The Labute approximate surface area is 309 Å². The Bertz CT molecular complexity index is 1350. The summed E-state index contributed by atoms with van der Waals surface area (Å²) < 4.78 is 42.0. The molecular weight excluding hydrogens is 644 g/mol. The van der Waals surface area contributed by atoms with E-state index in [9.17, 15) is 5.11 Å². The average molecular weight is 713 g/mol.